The van der Waals surface area contributed by atoms with Crippen molar-refractivity contribution in [1.82, 2.24) is 0 Å². The zero-order valence-corrected chi connectivity index (χ0v) is 18.1. The van der Waals surface area contributed by atoms with E-state index in [0.29, 0.717) is 5.75 Å². The normalized spacial score (nSPS) is 11.0. The van der Waals surface area contributed by atoms with Gasteiger partial charge in [-0.3, -0.25) is 4.55 Å². The Morgan fingerprint density at radius 1 is 1.00 bits per heavy atom. The van der Waals surface area contributed by atoms with Crippen LogP contribution in [0.4, 0.5) is 0 Å². The van der Waals surface area contributed by atoms with Crippen molar-refractivity contribution in [3.63, 3.8) is 0 Å². The number of ether oxygens (including phenoxy) is 1. The summed E-state index contributed by atoms with van der Waals surface area (Å²) in [7, 11) is -4.38. The van der Waals surface area contributed by atoms with E-state index >= 15 is 0 Å². The second kappa shape index (κ2) is 10.9. The largest absolute Gasteiger partial charge is 1.00 e. The molecule has 0 unspecified atom stereocenters. The van der Waals surface area contributed by atoms with Crippen molar-refractivity contribution in [2.24, 2.45) is 0 Å². The predicted molar refractivity (Wildman–Crippen MR) is 94.7 cm³/mol. The molecule has 0 aliphatic carbocycles. The van der Waals surface area contributed by atoms with Crippen molar-refractivity contribution < 1.29 is 52.4 Å². The molecular formula is C19H23NaO5S. The third-order valence-corrected chi connectivity index (χ3v) is 4.78. The van der Waals surface area contributed by atoms with Crippen LogP contribution in [0.25, 0.3) is 0 Å². The molecule has 2 rings (SSSR count). The molecule has 0 aliphatic heterocycles. The molecule has 7 heteroatoms. The first-order valence-corrected chi connectivity index (χ1v) is 9.89. The zero-order chi connectivity index (χ0) is 18.3. The Bertz CT molecular complexity index is 788. The molecule has 0 spiro atoms. The Kier molecular flexibility index (Phi) is 9.68. The van der Waals surface area contributed by atoms with E-state index in [-0.39, 0.29) is 40.2 Å². The van der Waals surface area contributed by atoms with Crippen LogP contribution in [-0.4, -0.2) is 13.0 Å². The SMILES string of the molecule is CCCCCCCc1ccc(Oc2cc(S(=O)(=O)O)ccc2[O-])cc1.[Na+]. The van der Waals surface area contributed by atoms with Gasteiger partial charge in [0.25, 0.3) is 10.1 Å². The van der Waals surface area contributed by atoms with Gasteiger partial charge in [0.1, 0.15) is 11.5 Å². The number of aryl methyl sites for hydroxylation is 1. The Labute approximate surface area is 177 Å². The molecule has 0 aromatic heterocycles. The van der Waals surface area contributed by atoms with Crippen LogP contribution in [0, 0.1) is 0 Å². The fourth-order valence-corrected chi connectivity index (χ4v) is 3.01. The molecule has 0 atom stereocenters. The van der Waals surface area contributed by atoms with E-state index in [9.17, 15) is 13.5 Å². The predicted octanol–water partition coefficient (Wildman–Crippen LogP) is 1.32. The first-order chi connectivity index (χ1) is 11.9. The van der Waals surface area contributed by atoms with Crippen LogP contribution in [0.15, 0.2) is 47.4 Å². The molecule has 0 saturated heterocycles. The number of unbranched alkanes of at least 4 members (excludes halogenated alkanes) is 4. The van der Waals surface area contributed by atoms with E-state index in [0.717, 1.165) is 31.0 Å². The quantitative estimate of drug-likeness (QED) is 0.399. The van der Waals surface area contributed by atoms with Gasteiger partial charge in [-0.15, -0.1) is 0 Å². The Morgan fingerprint density at radius 2 is 1.65 bits per heavy atom. The summed E-state index contributed by atoms with van der Waals surface area (Å²) in [5.41, 5.74) is 1.19. The first-order valence-electron chi connectivity index (χ1n) is 8.45. The summed E-state index contributed by atoms with van der Waals surface area (Å²) >= 11 is 0. The summed E-state index contributed by atoms with van der Waals surface area (Å²) in [5.74, 6) is -0.144. The molecular weight excluding hydrogens is 363 g/mol. The maximum absolute atomic E-state index is 11.8. The fourth-order valence-electron chi connectivity index (χ4n) is 2.51. The van der Waals surface area contributed by atoms with Crippen molar-refractivity contribution in [2.75, 3.05) is 0 Å². The monoisotopic (exact) mass is 386 g/mol. The van der Waals surface area contributed by atoms with Gasteiger partial charge in [-0.2, -0.15) is 8.42 Å². The molecule has 0 aliphatic rings. The maximum Gasteiger partial charge on any atom is 1.00 e. The van der Waals surface area contributed by atoms with E-state index in [1.54, 1.807) is 12.1 Å². The van der Waals surface area contributed by atoms with Crippen LogP contribution in [0.2, 0.25) is 0 Å². The zero-order valence-electron chi connectivity index (χ0n) is 15.3. The van der Waals surface area contributed by atoms with E-state index in [1.807, 2.05) is 12.1 Å². The summed E-state index contributed by atoms with van der Waals surface area (Å²) in [6, 6.07) is 10.5. The molecule has 5 nitrogen and oxygen atoms in total. The molecule has 0 bridgehead atoms. The third-order valence-electron chi connectivity index (χ3n) is 3.93. The van der Waals surface area contributed by atoms with Crippen LogP contribution in [0.3, 0.4) is 0 Å². The van der Waals surface area contributed by atoms with Crippen molar-refractivity contribution in [1.29, 1.82) is 0 Å². The minimum Gasteiger partial charge on any atom is -0.870 e. The summed E-state index contributed by atoms with van der Waals surface area (Å²) in [6.07, 6.45) is 7.11. The average Bonchev–Trinajstić information content (AvgIpc) is 2.57. The standard InChI is InChI=1S/C19H24O5S.Na/c1-2-3-4-5-6-7-15-8-10-16(11-9-15)24-19-14-17(25(21,22)23)12-13-18(19)20;/h8-14,20H,2-7H2,1H3,(H,21,22,23);/q;+1/p-1. The van der Waals surface area contributed by atoms with Gasteiger partial charge in [0.15, 0.2) is 0 Å². The maximum atomic E-state index is 11.8. The minimum atomic E-state index is -4.38. The Morgan fingerprint density at radius 3 is 2.27 bits per heavy atom. The van der Waals surface area contributed by atoms with Crippen LogP contribution in [0.5, 0.6) is 17.2 Å². The van der Waals surface area contributed by atoms with Gasteiger partial charge in [-0.1, -0.05) is 56.6 Å². The third kappa shape index (κ3) is 7.29. The molecule has 1 N–H and O–H groups in total. The topological polar surface area (TPSA) is 86.7 Å². The van der Waals surface area contributed by atoms with Crippen LogP contribution >= 0.6 is 0 Å². The van der Waals surface area contributed by atoms with E-state index in [2.05, 4.69) is 6.92 Å². The molecule has 2 aromatic carbocycles. The number of rotatable bonds is 9. The van der Waals surface area contributed by atoms with Crippen molar-refractivity contribution in [3.05, 3.63) is 48.0 Å². The molecule has 0 heterocycles. The van der Waals surface area contributed by atoms with Gasteiger partial charge >= 0.3 is 29.6 Å². The van der Waals surface area contributed by atoms with Crippen molar-refractivity contribution in [3.8, 4) is 17.2 Å². The summed E-state index contributed by atoms with van der Waals surface area (Å²) < 4.78 is 36.8. The summed E-state index contributed by atoms with van der Waals surface area (Å²) in [5, 5.41) is 11.8. The smallest absolute Gasteiger partial charge is 0.870 e. The van der Waals surface area contributed by atoms with Gasteiger partial charge < -0.3 is 9.84 Å². The second-order valence-corrected chi connectivity index (χ2v) is 7.42. The molecule has 136 valence electrons. The van der Waals surface area contributed by atoms with Gasteiger partial charge in [0.2, 0.25) is 0 Å². The first kappa shape index (κ1) is 23.0. The Hall–Kier alpha value is -1.05. The fraction of sp³-hybridized carbons (Fsp3) is 0.368. The van der Waals surface area contributed by atoms with Crippen molar-refractivity contribution in [2.45, 2.75) is 50.3 Å². The number of benzene rings is 2. The van der Waals surface area contributed by atoms with Crippen LogP contribution in [0.1, 0.15) is 44.6 Å². The molecule has 26 heavy (non-hydrogen) atoms. The van der Waals surface area contributed by atoms with Crippen LogP contribution < -0.4 is 39.4 Å². The number of hydrogen-bond acceptors (Lipinski definition) is 4. The minimum absolute atomic E-state index is 0. The molecule has 2 aromatic rings. The Balaban J connectivity index is 0.00000338. The van der Waals surface area contributed by atoms with E-state index in [4.69, 9.17) is 9.29 Å². The molecule has 0 fully saturated rings. The molecule has 0 amide bonds. The summed E-state index contributed by atoms with van der Waals surface area (Å²) in [6.45, 7) is 2.19. The van der Waals surface area contributed by atoms with Crippen LogP contribution in [-0.2, 0) is 16.5 Å². The average molecular weight is 386 g/mol. The molecule has 0 radical (unpaired) electrons. The van der Waals surface area contributed by atoms with Gasteiger partial charge in [0, 0.05) is 6.07 Å². The second-order valence-electron chi connectivity index (χ2n) is 5.99. The van der Waals surface area contributed by atoms with E-state index < -0.39 is 15.9 Å². The van der Waals surface area contributed by atoms with E-state index in [1.165, 1.54) is 31.2 Å². The van der Waals surface area contributed by atoms with Crippen molar-refractivity contribution >= 4 is 10.1 Å². The van der Waals surface area contributed by atoms with Gasteiger partial charge in [-0.05, 0) is 36.6 Å². The molecule has 0 saturated carbocycles. The summed E-state index contributed by atoms with van der Waals surface area (Å²) in [4.78, 5) is -0.370. The number of hydrogen-bond donors (Lipinski definition) is 1. The van der Waals surface area contributed by atoms with Gasteiger partial charge in [0.05, 0.1) is 4.90 Å². The van der Waals surface area contributed by atoms with Gasteiger partial charge in [-0.25, -0.2) is 0 Å².